The molecule has 6 radical (unpaired) electrons. The van der Waals surface area contributed by atoms with Crippen molar-refractivity contribution in [3.05, 3.63) is 70.1 Å². The number of nitrogens with one attached hydrogen (secondary N) is 1. The summed E-state index contributed by atoms with van der Waals surface area (Å²) in [6.45, 7) is -0.697. The molecule has 3 aromatic rings. The van der Waals surface area contributed by atoms with Crippen LogP contribution in [0.3, 0.4) is 0 Å². The number of aromatic nitrogens is 1. The van der Waals surface area contributed by atoms with Crippen molar-refractivity contribution in [2.24, 2.45) is 0 Å². The number of pyridine rings is 1. The van der Waals surface area contributed by atoms with E-state index in [1.54, 1.807) is 30.3 Å². The normalized spacial score (nSPS) is 12.4. The first-order valence-electron chi connectivity index (χ1n) is 7.88. The van der Waals surface area contributed by atoms with Gasteiger partial charge in [-0.2, -0.15) is 0 Å². The number of halogens is 3. The van der Waals surface area contributed by atoms with Gasteiger partial charge in [-0.3, -0.25) is 9.53 Å². The van der Waals surface area contributed by atoms with Gasteiger partial charge < -0.3 is 4.98 Å². The number of hydrogen-bond donors (Lipinski definition) is 1. The molecular formula is C18H11B3F3NO2. The van der Waals surface area contributed by atoms with Gasteiger partial charge >= 0.3 is 6.36 Å². The lowest BCUT2D eigenvalue weighted by atomic mass is 9.39. The summed E-state index contributed by atoms with van der Waals surface area (Å²) in [5, 5.41) is -0.882. The number of benzene rings is 2. The van der Waals surface area contributed by atoms with Crippen LogP contribution in [-0.2, 0) is 16.5 Å². The zero-order valence-corrected chi connectivity index (χ0v) is 14.0. The van der Waals surface area contributed by atoms with Crippen LogP contribution < -0.4 is 5.56 Å². The van der Waals surface area contributed by atoms with E-state index >= 15 is 0 Å². The van der Waals surface area contributed by atoms with Crippen LogP contribution in [0.1, 0.15) is 11.1 Å². The van der Waals surface area contributed by atoms with E-state index in [4.69, 9.17) is 23.5 Å². The molecule has 0 saturated carbocycles. The van der Waals surface area contributed by atoms with Crippen LogP contribution in [0.5, 0.6) is 0 Å². The Morgan fingerprint density at radius 1 is 0.963 bits per heavy atom. The summed E-state index contributed by atoms with van der Waals surface area (Å²) >= 11 is 0. The molecule has 2 aromatic carbocycles. The molecule has 0 amide bonds. The van der Waals surface area contributed by atoms with E-state index in [2.05, 4.69) is 9.72 Å². The van der Waals surface area contributed by atoms with Crippen molar-refractivity contribution in [3.63, 3.8) is 0 Å². The molecule has 1 aromatic heterocycles. The molecule has 0 aliphatic heterocycles. The van der Waals surface area contributed by atoms with Gasteiger partial charge in [-0.05, 0) is 22.6 Å². The average Bonchev–Trinajstić information content (AvgIpc) is 2.59. The van der Waals surface area contributed by atoms with E-state index in [-0.39, 0.29) is 10.9 Å². The molecule has 9 heteroatoms. The fraction of sp³-hybridized carbons (Fsp3) is 0.167. The third kappa shape index (κ3) is 4.30. The molecule has 0 fully saturated rings. The average molecular weight is 363 g/mol. The summed E-state index contributed by atoms with van der Waals surface area (Å²) in [7, 11) is 17.5. The Balaban J connectivity index is 2.15. The molecule has 1 N–H and O–H groups in total. The molecule has 0 unspecified atom stereocenters. The van der Waals surface area contributed by atoms with Gasteiger partial charge in [0, 0.05) is 17.1 Å². The van der Waals surface area contributed by atoms with Crippen LogP contribution in [0.4, 0.5) is 13.2 Å². The fourth-order valence-electron chi connectivity index (χ4n) is 2.88. The first-order valence-corrected chi connectivity index (χ1v) is 7.88. The monoisotopic (exact) mass is 363 g/mol. The predicted octanol–water partition coefficient (Wildman–Crippen LogP) is 2.85. The predicted molar refractivity (Wildman–Crippen MR) is 99.8 cm³/mol. The molecule has 0 bridgehead atoms. The van der Waals surface area contributed by atoms with Gasteiger partial charge in [-0.15, -0.1) is 18.3 Å². The topological polar surface area (TPSA) is 42.1 Å². The Morgan fingerprint density at radius 3 is 2.33 bits per heavy atom. The van der Waals surface area contributed by atoms with Crippen LogP contribution in [0.2, 0.25) is 0 Å². The minimum Gasteiger partial charge on any atom is -0.328 e. The maximum absolute atomic E-state index is 12.3. The van der Waals surface area contributed by atoms with Crippen molar-refractivity contribution in [1.82, 2.24) is 4.98 Å². The van der Waals surface area contributed by atoms with Crippen LogP contribution in [0.15, 0.2) is 53.5 Å². The van der Waals surface area contributed by atoms with Gasteiger partial charge in [0.05, 0.1) is 30.1 Å². The molecule has 0 saturated heterocycles. The Kier molecular flexibility index (Phi) is 4.99. The first kappa shape index (κ1) is 19.4. The molecule has 130 valence electrons. The number of aromatic amines is 1. The number of rotatable bonds is 4. The van der Waals surface area contributed by atoms with Crippen molar-refractivity contribution in [1.29, 1.82) is 0 Å². The molecule has 0 spiro atoms. The smallest absolute Gasteiger partial charge is 0.328 e. The number of alkyl halides is 3. The molecule has 0 atom stereocenters. The second-order valence-corrected chi connectivity index (χ2v) is 6.12. The van der Waals surface area contributed by atoms with Crippen molar-refractivity contribution >= 4 is 34.3 Å². The number of fused-ring (bicyclic) bond motifs is 1. The Morgan fingerprint density at radius 2 is 1.67 bits per heavy atom. The zero-order chi connectivity index (χ0) is 19.8. The summed E-state index contributed by atoms with van der Waals surface area (Å²) < 4.78 is 40.6. The first-order chi connectivity index (χ1) is 12.6. The largest absolute Gasteiger partial charge is 0.522 e. The highest BCUT2D eigenvalue weighted by atomic mass is 19.4. The van der Waals surface area contributed by atoms with Gasteiger partial charge in [0.1, 0.15) is 0 Å². The molecular weight excluding hydrogens is 352 g/mol. The highest BCUT2D eigenvalue weighted by Gasteiger charge is 2.29. The number of ether oxygens (including phenoxy) is 1. The zero-order valence-electron chi connectivity index (χ0n) is 14.0. The van der Waals surface area contributed by atoms with Gasteiger partial charge in [0.2, 0.25) is 0 Å². The quantitative estimate of drug-likeness (QED) is 0.725. The van der Waals surface area contributed by atoms with E-state index in [9.17, 15) is 18.0 Å². The minimum atomic E-state index is -4.76. The summed E-state index contributed by atoms with van der Waals surface area (Å²) in [6, 6.07) is 11.2. The third-order valence-electron chi connectivity index (χ3n) is 4.05. The van der Waals surface area contributed by atoms with E-state index in [0.717, 1.165) is 0 Å². The van der Waals surface area contributed by atoms with Crippen LogP contribution in [0.25, 0.3) is 21.9 Å². The summed E-state index contributed by atoms with van der Waals surface area (Å²) in [5.41, 5.74) is 1.41. The standard InChI is InChI=1S/C18H11B3F3NO2/c19-17(20,21)15-4-2-1-3-12(15)14-8-25-16(26)13-7-10(5-6-11(13)14)9-27-18(22,23)24/h1-8H,9H2,(H,25,26). The highest BCUT2D eigenvalue weighted by Crippen LogP contribution is 2.33. The van der Waals surface area contributed by atoms with Crippen molar-refractivity contribution in [2.45, 2.75) is 18.1 Å². The van der Waals surface area contributed by atoms with E-state index in [1.165, 1.54) is 18.3 Å². The summed E-state index contributed by atoms with van der Waals surface area (Å²) in [5.74, 6) is 0. The van der Waals surface area contributed by atoms with Gasteiger partial charge in [-0.1, -0.05) is 42.0 Å². The lowest BCUT2D eigenvalue weighted by molar-refractivity contribution is -0.330. The SMILES string of the molecule is [B]C([B])([B])c1ccccc1-c1c[nH]c(=O)c2cc(COC(F)(F)F)ccc12. The van der Waals surface area contributed by atoms with Gasteiger partial charge in [0.15, 0.2) is 0 Å². The van der Waals surface area contributed by atoms with Crippen LogP contribution >= 0.6 is 0 Å². The molecule has 0 aliphatic carbocycles. The Hall–Kier alpha value is -2.41. The third-order valence-corrected chi connectivity index (χ3v) is 4.05. The van der Waals surface area contributed by atoms with E-state index < -0.39 is 23.6 Å². The summed E-state index contributed by atoms with van der Waals surface area (Å²) in [4.78, 5) is 14.8. The van der Waals surface area contributed by atoms with Gasteiger partial charge in [0.25, 0.3) is 5.56 Å². The van der Waals surface area contributed by atoms with Crippen LogP contribution in [0, 0.1) is 0 Å². The molecule has 3 rings (SSSR count). The van der Waals surface area contributed by atoms with Crippen molar-refractivity contribution in [3.8, 4) is 11.1 Å². The fourth-order valence-corrected chi connectivity index (χ4v) is 2.88. The van der Waals surface area contributed by atoms with Gasteiger partial charge in [-0.25, -0.2) is 0 Å². The van der Waals surface area contributed by atoms with E-state index in [0.29, 0.717) is 22.1 Å². The van der Waals surface area contributed by atoms with Crippen molar-refractivity contribution < 1.29 is 17.9 Å². The number of H-pyrrole nitrogens is 1. The van der Waals surface area contributed by atoms with E-state index in [1.807, 2.05) is 0 Å². The molecule has 27 heavy (non-hydrogen) atoms. The second-order valence-electron chi connectivity index (χ2n) is 6.12. The maximum atomic E-state index is 12.3. The highest BCUT2D eigenvalue weighted by molar-refractivity contribution is 6.59. The Labute approximate surface area is 157 Å². The minimum absolute atomic E-state index is 0.210. The molecule has 3 nitrogen and oxygen atoms in total. The Bertz CT molecular complexity index is 1040. The van der Waals surface area contributed by atoms with Crippen LogP contribution in [-0.4, -0.2) is 34.9 Å². The second kappa shape index (κ2) is 6.96. The maximum Gasteiger partial charge on any atom is 0.522 e. The molecule has 1 heterocycles. The summed E-state index contributed by atoms with van der Waals surface area (Å²) in [6.07, 6.45) is -3.27. The number of hydrogen-bond acceptors (Lipinski definition) is 2. The molecule has 0 aliphatic rings. The lowest BCUT2D eigenvalue weighted by Gasteiger charge is -2.24. The van der Waals surface area contributed by atoms with Crippen molar-refractivity contribution in [2.75, 3.05) is 0 Å². The lowest BCUT2D eigenvalue weighted by Crippen LogP contribution is -2.27.